The molecule has 1 aromatic rings. The lowest BCUT2D eigenvalue weighted by Crippen LogP contribution is -2.33. The van der Waals surface area contributed by atoms with Crippen molar-refractivity contribution in [2.45, 2.75) is 38.8 Å². The van der Waals surface area contributed by atoms with Gasteiger partial charge in [-0.1, -0.05) is 18.2 Å². The second-order valence-electron chi connectivity index (χ2n) is 5.02. The number of rotatable bonds is 5. The fraction of sp³-hybridized carbons (Fsp3) is 0.600. The van der Waals surface area contributed by atoms with Gasteiger partial charge in [-0.05, 0) is 38.3 Å². The average Bonchev–Trinajstić information content (AvgIpc) is 2.88. The maximum Gasteiger partial charge on any atom is 0.0750 e. The van der Waals surface area contributed by atoms with Crippen molar-refractivity contribution in [1.29, 1.82) is 0 Å². The van der Waals surface area contributed by atoms with Crippen molar-refractivity contribution >= 4 is 5.69 Å². The Balaban J connectivity index is 2.15. The molecule has 0 amide bonds. The highest BCUT2D eigenvalue weighted by Gasteiger charge is 2.20. The molecule has 0 radical (unpaired) electrons. The number of nitrogens with two attached hydrogens (primary N) is 1. The van der Waals surface area contributed by atoms with Gasteiger partial charge in [-0.15, -0.1) is 0 Å². The number of nitrogens with zero attached hydrogens (tertiary/aromatic N) is 1. The van der Waals surface area contributed by atoms with E-state index in [1.165, 1.54) is 24.1 Å². The first kappa shape index (κ1) is 13.4. The van der Waals surface area contributed by atoms with Crippen LogP contribution in [0.2, 0.25) is 0 Å². The second-order valence-corrected chi connectivity index (χ2v) is 5.02. The molecule has 0 bridgehead atoms. The van der Waals surface area contributed by atoms with Gasteiger partial charge in [-0.2, -0.15) is 0 Å². The minimum atomic E-state index is 0.0692. The molecule has 1 unspecified atom stereocenters. The summed E-state index contributed by atoms with van der Waals surface area (Å²) in [5, 5.41) is 0. The van der Waals surface area contributed by atoms with Crippen molar-refractivity contribution in [3.05, 3.63) is 29.8 Å². The van der Waals surface area contributed by atoms with Crippen molar-refractivity contribution in [2.75, 3.05) is 24.6 Å². The minimum absolute atomic E-state index is 0.0692. The Kier molecular flexibility index (Phi) is 4.61. The molecule has 18 heavy (non-hydrogen) atoms. The number of likely N-dealkylation sites (N-methyl/N-ethyl adjacent to an activating group) is 1. The van der Waals surface area contributed by atoms with Gasteiger partial charge in [-0.25, -0.2) is 0 Å². The van der Waals surface area contributed by atoms with Crippen LogP contribution in [-0.4, -0.2) is 25.8 Å². The summed E-state index contributed by atoms with van der Waals surface area (Å²) < 4.78 is 5.73. The van der Waals surface area contributed by atoms with Gasteiger partial charge in [0, 0.05) is 31.4 Å². The Morgan fingerprint density at radius 3 is 2.83 bits per heavy atom. The van der Waals surface area contributed by atoms with Crippen LogP contribution in [0, 0.1) is 0 Å². The summed E-state index contributed by atoms with van der Waals surface area (Å²) in [5.41, 5.74) is 8.53. The summed E-state index contributed by atoms with van der Waals surface area (Å²) in [7, 11) is 0. The lowest BCUT2D eigenvalue weighted by molar-refractivity contribution is 0.115. The third-order valence-corrected chi connectivity index (χ3v) is 3.60. The Morgan fingerprint density at radius 1 is 1.44 bits per heavy atom. The third kappa shape index (κ3) is 3.03. The molecule has 3 heteroatoms. The average molecular weight is 248 g/mol. The van der Waals surface area contributed by atoms with E-state index in [4.69, 9.17) is 10.5 Å². The molecular formula is C15H24N2O. The van der Waals surface area contributed by atoms with Crippen LogP contribution in [0.15, 0.2) is 24.3 Å². The first-order valence-corrected chi connectivity index (χ1v) is 6.93. The van der Waals surface area contributed by atoms with E-state index >= 15 is 0 Å². The molecule has 1 fully saturated rings. The molecule has 2 rings (SSSR count). The van der Waals surface area contributed by atoms with Crippen molar-refractivity contribution < 1.29 is 4.74 Å². The van der Waals surface area contributed by atoms with E-state index in [9.17, 15) is 0 Å². The maximum atomic E-state index is 6.06. The van der Waals surface area contributed by atoms with Gasteiger partial charge >= 0.3 is 0 Å². The van der Waals surface area contributed by atoms with Crippen LogP contribution in [-0.2, 0) is 4.74 Å². The standard InChI is InChI=1S/C15H24N2O/c1-3-17(11-13-7-6-10-18-13)15-9-5-4-8-14(15)12(2)16/h4-5,8-9,12-13H,3,6-7,10-11,16H2,1-2H3/t12-,13?/m0/s1. The number of hydrogen-bond acceptors (Lipinski definition) is 3. The lowest BCUT2D eigenvalue weighted by Gasteiger charge is -2.29. The fourth-order valence-electron chi connectivity index (χ4n) is 2.59. The lowest BCUT2D eigenvalue weighted by atomic mass is 10.1. The van der Waals surface area contributed by atoms with Gasteiger partial charge in [0.1, 0.15) is 0 Å². The zero-order chi connectivity index (χ0) is 13.0. The van der Waals surface area contributed by atoms with E-state index < -0.39 is 0 Å². The molecule has 0 aliphatic carbocycles. The smallest absolute Gasteiger partial charge is 0.0750 e. The number of hydrogen-bond donors (Lipinski definition) is 1. The van der Waals surface area contributed by atoms with Gasteiger partial charge < -0.3 is 15.4 Å². The Bertz CT molecular complexity index is 373. The molecule has 1 aliphatic heterocycles. The third-order valence-electron chi connectivity index (χ3n) is 3.60. The fourth-order valence-corrected chi connectivity index (χ4v) is 2.59. The minimum Gasteiger partial charge on any atom is -0.376 e. The van der Waals surface area contributed by atoms with Gasteiger partial charge in [0.05, 0.1) is 6.10 Å². The molecule has 2 N–H and O–H groups in total. The topological polar surface area (TPSA) is 38.5 Å². The Hall–Kier alpha value is -1.06. The van der Waals surface area contributed by atoms with Crippen molar-refractivity contribution in [1.82, 2.24) is 0 Å². The van der Waals surface area contributed by atoms with E-state index in [0.29, 0.717) is 6.10 Å². The number of ether oxygens (including phenoxy) is 1. The number of anilines is 1. The van der Waals surface area contributed by atoms with Crippen LogP contribution in [0.4, 0.5) is 5.69 Å². The number of benzene rings is 1. The Morgan fingerprint density at radius 2 is 2.22 bits per heavy atom. The summed E-state index contributed by atoms with van der Waals surface area (Å²) in [6.45, 7) is 7.10. The van der Waals surface area contributed by atoms with Gasteiger partial charge in [-0.3, -0.25) is 0 Å². The highest BCUT2D eigenvalue weighted by atomic mass is 16.5. The van der Waals surface area contributed by atoms with Crippen LogP contribution in [0.25, 0.3) is 0 Å². The van der Waals surface area contributed by atoms with Crippen molar-refractivity contribution in [3.8, 4) is 0 Å². The molecule has 1 aromatic carbocycles. The van der Waals surface area contributed by atoms with E-state index in [1.807, 2.05) is 6.92 Å². The molecule has 1 aliphatic rings. The second kappa shape index (κ2) is 6.21. The van der Waals surface area contributed by atoms with Gasteiger partial charge in [0.15, 0.2) is 0 Å². The van der Waals surface area contributed by atoms with Crippen LogP contribution < -0.4 is 10.6 Å². The monoisotopic (exact) mass is 248 g/mol. The molecular weight excluding hydrogens is 224 g/mol. The summed E-state index contributed by atoms with van der Waals surface area (Å²) in [6.07, 6.45) is 2.75. The molecule has 100 valence electrons. The first-order chi connectivity index (χ1) is 8.72. The maximum absolute atomic E-state index is 6.06. The normalized spacial score (nSPS) is 20.9. The number of para-hydroxylation sites is 1. The summed E-state index contributed by atoms with van der Waals surface area (Å²) in [6, 6.07) is 8.50. The van der Waals surface area contributed by atoms with Crippen molar-refractivity contribution in [2.24, 2.45) is 5.73 Å². The summed E-state index contributed by atoms with van der Waals surface area (Å²) >= 11 is 0. The quantitative estimate of drug-likeness (QED) is 0.870. The van der Waals surface area contributed by atoms with E-state index in [-0.39, 0.29) is 6.04 Å². The molecule has 2 atom stereocenters. The van der Waals surface area contributed by atoms with Crippen LogP contribution in [0.1, 0.15) is 38.3 Å². The predicted molar refractivity (Wildman–Crippen MR) is 75.9 cm³/mol. The summed E-state index contributed by atoms with van der Waals surface area (Å²) in [4.78, 5) is 2.38. The van der Waals surface area contributed by atoms with Crippen molar-refractivity contribution in [3.63, 3.8) is 0 Å². The van der Waals surface area contributed by atoms with E-state index in [0.717, 1.165) is 19.7 Å². The van der Waals surface area contributed by atoms with Crippen LogP contribution >= 0.6 is 0 Å². The molecule has 0 spiro atoms. The van der Waals surface area contributed by atoms with Crippen LogP contribution in [0.5, 0.6) is 0 Å². The largest absolute Gasteiger partial charge is 0.376 e. The summed E-state index contributed by atoms with van der Waals surface area (Å²) in [5.74, 6) is 0. The highest BCUT2D eigenvalue weighted by molar-refractivity contribution is 5.54. The van der Waals surface area contributed by atoms with Gasteiger partial charge in [0.2, 0.25) is 0 Å². The molecule has 3 nitrogen and oxygen atoms in total. The zero-order valence-electron chi connectivity index (χ0n) is 11.4. The molecule has 1 saturated heterocycles. The predicted octanol–water partition coefficient (Wildman–Crippen LogP) is 2.71. The van der Waals surface area contributed by atoms with E-state index in [2.05, 4.69) is 36.1 Å². The SMILES string of the molecule is CCN(CC1CCCO1)c1ccccc1[C@H](C)N. The van der Waals surface area contributed by atoms with Gasteiger partial charge in [0.25, 0.3) is 0 Å². The van der Waals surface area contributed by atoms with E-state index in [1.54, 1.807) is 0 Å². The zero-order valence-corrected chi connectivity index (χ0v) is 11.4. The molecule has 0 aromatic heterocycles. The van der Waals surface area contributed by atoms with Crippen LogP contribution in [0.3, 0.4) is 0 Å². The first-order valence-electron chi connectivity index (χ1n) is 6.93. The Labute approximate surface area is 110 Å². The molecule has 1 heterocycles. The highest BCUT2D eigenvalue weighted by Crippen LogP contribution is 2.26. The molecule has 0 saturated carbocycles.